The Balaban J connectivity index is 1.02. The molecule has 0 saturated carbocycles. The molecule has 4 aromatic heterocycles. The molecule has 0 radical (unpaired) electrons. The third-order valence-corrected chi connectivity index (χ3v) is 11.8. The number of aromatic nitrogens is 4. The zero-order valence-corrected chi connectivity index (χ0v) is 31.4. The first-order valence-electron chi connectivity index (χ1n) is 19.8. The van der Waals surface area contributed by atoms with E-state index in [1.165, 1.54) is 32.3 Å². The third-order valence-electron chi connectivity index (χ3n) is 11.8. The maximum Gasteiger partial charge on any atom is 0.164 e. The topological polar surface area (TPSA) is 69.9 Å². The number of nitrogens with zero attached hydrogens (tertiary/aromatic N) is 4. The summed E-state index contributed by atoms with van der Waals surface area (Å²) in [5, 5.41) is 11.4. The van der Waals surface area contributed by atoms with Crippen molar-refractivity contribution in [2.24, 2.45) is 0 Å². The second kappa shape index (κ2) is 12.2. The fraction of sp³-hybridized carbons (Fsp3) is 0. The first-order chi connectivity index (χ1) is 29.2. The van der Waals surface area contributed by atoms with Gasteiger partial charge in [-0.3, -0.25) is 0 Å². The molecular formula is C53H30N4O2. The molecule has 0 saturated heterocycles. The van der Waals surface area contributed by atoms with Crippen LogP contribution in [0.1, 0.15) is 0 Å². The third kappa shape index (κ3) is 4.77. The van der Waals surface area contributed by atoms with E-state index in [2.05, 4.69) is 114 Å². The molecule has 59 heavy (non-hydrogen) atoms. The lowest BCUT2D eigenvalue weighted by Gasteiger charge is -2.10. The van der Waals surface area contributed by atoms with Crippen molar-refractivity contribution in [2.45, 2.75) is 0 Å². The molecule has 0 atom stereocenters. The van der Waals surface area contributed by atoms with Crippen LogP contribution in [-0.2, 0) is 0 Å². The molecule has 13 aromatic rings. The van der Waals surface area contributed by atoms with Gasteiger partial charge >= 0.3 is 0 Å². The number of hydrogen-bond acceptors (Lipinski definition) is 5. The lowest BCUT2D eigenvalue weighted by molar-refractivity contribution is 0.668. The van der Waals surface area contributed by atoms with Crippen LogP contribution in [0, 0.1) is 0 Å². The molecule has 0 aliphatic carbocycles. The summed E-state index contributed by atoms with van der Waals surface area (Å²) in [7, 11) is 0. The predicted molar refractivity (Wildman–Crippen MR) is 240 cm³/mol. The van der Waals surface area contributed by atoms with Gasteiger partial charge in [0.15, 0.2) is 17.5 Å². The molecule has 9 aromatic carbocycles. The van der Waals surface area contributed by atoms with Crippen molar-refractivity contribution in [2.75, 3.05) is 0 Å². The van der Waals surface area contributed by atoms with Crippen LogP contribution in [0.5, 0.6) is 0 Å². The molecule has 4 heterocycles. The molecule has 6 nitrogen and oxygen atoms in total. The molecule has 0 unspecified atom stereocenters. The van der Waals surface area contributed by atoms with E-state index in [-0.39, 0.29) is 0 Å². The number of fused-ring (bicyclic) bond motifs is 13. The Morgan fingerprint density at radius 2 is 0.949 bits per heavy atom. The van der Waals surface area contributed by atoms with Crippen LogP contribution in [0.3, 0.4) is 0 Å². The van der Waals surface area contributed by atoms with Gasteiger partial charge in [-0.05, 0) is 76.1 Å². The van der Waals surface area contributed by atoms with Gasteiger partial charge in [-0.25, -0.2) is 15.0 Å². The number of rotatable bonds is 4. The van der Waals surface area contributed by atoms with E-state index < -0.39 is 0 Å². The molecular weight excluding hydrogens is 725 g/mol. The fourth-order valence-electron chi connectivity index (χ4n) is 9.17. The Labute approximate surface area is 336 Å². The normalized spacial score (nSPS) is 12.1. The average Bonchev–Trinajstić information content (AvgIpc) is 3.98. The highest BCUT2D eigenvalue weighted by Crippen LogP contribution is 2.43. The zero-order chi connectivity index (χ0) is 38.6. The summed E-state index contributed by atoms with van der Waals surface area (Å²) in [6, 6.07) is 63.3. The predicted octanol–water partition coefficient (Wildman–Crippen LogP) is 14.1. The van der Waals surface area contributed by atoms with Crippen molar-refractivity contribution in [1.29, 1.82) is 0 Å². The van der Waals surface area contributed by atoms with E-state index in [0.717, 1.165) is 77.3 Å². The van der Waals surface area contributed by atoms with E-state index in [0.29, 0.717) is 17.5 Å². The van der Waals surface area contributed by atoms with E-state index in [1.54, 1.807) is 0 Å². The second-order valence-electron chi connectivity index (χ2n) is 15.1. The standard InChI is InChI=1S/C53H30N4O2/c1-2-13-33(14-3-1)51-54-52(34-23-28-45-41(29-34)38-17-8-9-19-44(38)58-45)56-53(55-51)40-18-10-20-46-48(40)39-25-24-35(30-47(39)59-46)57-42-26-21-31-11-4-6-15-36(31)49(42)50-37-16-7-5-12-32(37)22-27-43(50)57/h1-30H. The van der Waals surface area contributed by atoms with Gasteiger partial charge in [0.25, 0.3) is 0 Å². The van der Waals surface area contributed by atoms with E-state index in [1.807, 2.05) is 72.8 Å². The molecule has 0 N–H and O–H groups in total. The van der Waals surface area contributed by atoms with Crippen LogP contribution in [0.4, 0.5) is 0 Å². The molecule has 13 rings (SSSR count). The van der Waals surface area contributed by atoms with Crippen molar-refractivity contribution in [3.05, 3.63) is 182 Å². The molecule has 0 aliphatic rings. The summed E-state index contributed by atoms with van der Waals surface area (Å²) in [5.74, 6) is 1.75. The molecule has 0 amide bonds. The van der Waals surface area contributed by atoms with Crippen LogP contribution in [0.25, 0.3) is 127 Å². The van der Waals surface area contributed by atoms with Crippen LogP contribution in [0.15, 0.2) is 191 Å². The largest absolute Gasteiger partial charge is 0.456 e. The summed E-state index contributed by atoms with van der Waals surface area (Å²) in [6.07, 6.45) is 0. The Kier molecular flexibility index (Phi) is 6.63. The lowest BCUT2D eigenvalue weighted by Crippen LogP contribution is -2.00. The van der Waals surface area contributed by atoms with E-state index >= 15 is 0 Å². The summed E-state index contributed by atoms with van der Waals surface area (Å²) in [4.78, 5) is 15.4. The lowest BCUT2D eigenvalue weighted by atomic mass is 10.00. The zero-order valence-electron chi connectivity index (χ0n) is 31.4. The number of benzene rings is 9. The highest BCUT2D eigenvalue weighted by Gasteiger charge is 2.21. The second-order valence-corrected chi connectivity index (χ2v) is 15.1. The molecule has 0 fully saturated rings. The Hall–Kier alpha value is -8.09. The van der Waals surface area contributed by atoms with Gasteiger partial charge in [0.05, 0.1) is 11.0 Å². The van der Waals surface area contributed by atoms with Crippen molar-refractivity contribution in [3.8, 4) is 39.9 Å². The summed E-state index contributed by atoms with van der Waals surface area (Å²) in [6.45, 7) is 0. The SMILES string of the molecule is c1ccc(-c2nc(-c3ccc4oc5ccccc5c4c3)nc(-c3cccc4oc5cc(-n6c7ccc8ccccc8c7c7c8ccccc8ccc76)ccc5c34)n2)cc1. The van der Waals surface area contributed by atoms with Crippen molar-refractivity contribution in [1.82, 2.24) is 19.5 Å². The molecule has 6 heteroatoms. The smallest absolute Gasteiger partial charge is 0.164 e. The summed E-state index contributed by atoms with van der Waals surface area (Å²) < 4.78 is 15.3. The first-order valence-corrected chi connectivity index (χ1v) is 19.8. The minimum Gasteiger partial charge on any atom is -0.456 e. The summed E-state index contributed by atoms with van der Waals surface area (Å²) in [5.41, 5.74) is 9.22. The van der Waals surface area contributed by atoms with Gasteiger partial charge in [-0.1, -0.05) is 121 Å². The molecule has 0 spiro atoms. The minimum absolute atomic E-state index is 0.574. The van der Waals surface area contributed by atoms with Gasteiger partial charge < -0.3 is 13.4 Å². The minimum atomic E-state index is 0.574. The number of hydrogen-bond donors (Lipinski definition) is 0. The monoisotopic (exact) mass is 754 g/mol. The van der Waals surface area contributed by atoms with E-state index in [4.69, 9.17) is 23.8 Å². The maximum absolute atomic E-state index is 6.73. The molecule has 274 valence electrons. The van der Waals surface area contributed by atoms with Gasteiger partial charge in [0, 0.05) is 60.8 Å². The fourth-order valence-corrected chi connectivity index (χ4v) is 9.17. The van der Waals surface area contributed by atoms with Gasteiger partial charge in [0.1, 0.15) is 22.3 Å². The highest BCUT2D eigenvalue weighted by atomic mass is 16.3. The highest BCUT2D eigenvalue weighted by molar-refractivity contribution is 6.28. The quantitative estimate of drug-likeness (QED) is 0.179. The number of para-hydroxylation sites is 1. The Morgan fingerprint density at radius 3 is 1.71 bits per heavy atom. The molecule has 0 bridgehead atoms. The van der Waals surface area contributed by atoms with Crippen LogP contribution < -0.4 is 0 Å². The van der Waals surface area contributed by atoms with Gasteiger partial charge in [-0.2, -0.15) is 0 Å². The van der Waals surface area contributed by atoms with Crippen molar-refractivity contribution < 1.29 is 8.83 Å². The van der Waals surface area contributed by atoms with E-state index in [9.17, 15) is 0 Å². The van der Waals surface area contributed by atoms with Crippen LogP contribution in [-0.4, -0.2) is 19.5 Å². The van der Waals surface area contributed by atoms with Gasteiger partial charge in [-0.15, -0.1) is 0 Å². The Bertz CT molecular complexity index is 3760. The maximum atomic E-state index is 6.73. The van der Waals surface area contributed by atoms with Gasteiger partial charge in [0.2, 0.25) is 0 Å². The van der Waals surface area contributed by atoms with Crippen LogP contribution in [0.2, 0.25) is 0 Å². The van der Waals surface area contributed by atoms with Crippen molar-refractivity contribution >= 4 is 87.2 Å². The Morgan fingerprint density at radius 1 is 0.339 bits per heavy atom. The average molecular weight is 755 g/mol. The molecule has 0 aliphatic heterocycles. The van der Waals surface area contributed by atoms with Crippen molar-refractivity contribution in [3.63, 3.8) is 0 Å². The first kappa shape index (κ1) is 32.0. The number of furan rings is 2. The van der Waals surface area contributed by atoms with Crippen LogP contribution >= 0.6 is 0 Å². The summed E-state index contributed by atoms with van der Waals surface area (Å²) >= 11 is 0.